The van der Waals surface area contributed by atoms with Crippen molar-refractivity contribution in [1.29, 1.82) is 0 Å². The van der Waals surface area contributed by atoms with Crippen LogP contribution < -0.4 is 5.32 Å². The fourth-order valence-electron chi connectivity index (χ4n) is 1.80. The predicted octanol–water partition coefficient (Wildman–Crippen LogP) is 0.190. The lowest BCUT2D eigenvalue weighted by molar-refractivity contribution is 0.0735. The van der Waals surface area contributed by atoms with Crippen molar-refractivity contribution in [2.45, 2.75) is 0 Å². The maximum Gasteiger partial charge on any atom is 0.254 e. The molecule has 1 aromatic rings. The molecule has 1 heterocycles. The number of carbonyl (C=O) groups excluding carboxylic acids is 2. The molecule has 1 N–H and O–H groups in total. The quantitative estimate of drug-likeness (QED) is 0.769. The van der Waals surface area contributed by atoms with E-state index in [0.717, 1.165) is 13.1 Å². The van der Waals surface area contributed by atoms with Crippen LogP contribution in [0.5, 0.6) is 0 Å². The monoisotopic (exact) mass is 217 g/mol. The van der Waals surface area contributed by atoms with Crippen LogP contribution in [0, 0.1) is 0 Å². The number of hydrogen-bond donors (Lipinski definition) is 1. The molecule has 1 saturated heterocycles. The van der Waals surface area contributed by atoms with Crippen LogP contribution in [0.25, 0.3) is 0 Å². The molecular weight excluding hydrogens is 204 g/mol. The summed E-state index contributed by atoms with van der Waals surface area (Å²) in [6.07, 6.45) is 1.80. The van der Waals surface area contributed by atoms with Crippen molar-refractivity contribution in [3.63, 3.8) is 0 Å². The van der Waals surface area contributed by atoms with Gasteiger partial charge in [-0.05, 0) is 6.07 Å². The summed E-state index contributed by atoms with van der Waals surface area (Å²) in [6, 6.07) is 6.78. The van der Waals surface area contributed by atoms with Gasteiger partial charge in [0.25, 0.3) is 5.91 Å². The molecule has 2 rings (SSSR count). The van der Waals surface area contributed by atoms with Crippen molar-refractivity contribution in [2.75, 3.05) is 26.2 Å². The summed E-state index contributed by atoms with van der Waals surface area (Å²) in [5.74, 6) is -0.0829. The second kappa shape index (κ2) is 4.90. The van der Waals surface area contributed by atoms with Gasteiger partial charge in [-0.1, -0.05) is 18.2 Å². The zero-order chi connectivity index (χ0) is 11.4. The van der Waals surface area contributed by atoms with Gasteiger partial charge in [0.1, 0.15) is 0 Å². The Labute approximate surface area is 94.2 Å². The third-order valence-corrected chi connectivity index (χ3v) is 2.67. The first kappa shape index (κ1) is 10.8. The van der Waals surface area contributed by atoms with Crippen LogP contribution in [-0.2, 0) is 4.79 Å². The average Bonchev–Trinajstić information content (AvgIpc) is 2.39. The standard InChI is InChI=1S/C12H13N2O2/c15-9-10-3-1-2-4-11(10)12(16)14-7-5-13-6-8-14/h1-4,13H,5-8H2. The topological polar surface area (TPSA) is 49.4 Å². The summed E-state index contributed by atoms with van der Waals surface area (Å²) in [4.78, 5) is 24.6. The number of nitrogens with zero attached hydrogens (tertiary/aromatic N) is 1. The molecule has 1 aliphatic rings. The van der Waals surface area contributed by atoms with E-state index in [9.17, 15) is 9.59 Å². The summed E-state index contributed by atoms with van der Waals surface area (Å²) in [5.41, 5.74) is 0.783. The minimum atomic E-state index is -0.0829. The van der Waals surface area contributed by atoms with E-state index in [1.165, 1.54) is 0 Å². The van der Waals surface area contributed by atoms with Gasteiger partial charge >= 0.3 is 0 Å². The van der Waals surface area contributed by atoms with Crippen LogP contribution in [-0.4, -0.2) is 43.3 Å². The first-order valence-electron chi connectivity index (χ1n) is 5.30. The first-order valence-corrected chi connectivity index (χ1v) is 5.30. The van der Waals surface area contributed by atoms with E-state index >= 15 is 0 Å². The van der Waals surface area contributed by atoms with Gasteiger partial charge in [0.15, 0.2) is 0 Å². The van der Waals surface area contributed by atoms with Crippen molar-refractivity contribution in [3.05, 3.63) is 35.4 Å². The number of rotatable bonds is 2. The Morgan fingerprint density at radius 1 is 1.25 bits per heavy atom. The Hall–Kier alpha value is -1.68. The molecule has 1 aromatic carbocycles. The number of carbonyl (C=O) groups is 1. The van der Waals surface area contributed by atoms with Crippen molar-refractivity contribution in [2.24, 2.45) is 0 Å². The van der Waals surface area contributed by atoms with Gasteiger partial charge in [-0.3, -0.25) is 9.59 Å². The van der Waals surface area contributed by atoms with Gasteiger partial charge < -0.3 is 10.2 Å². The lowest BCUT2D eigenvalue weighted by Crippen LogP contribution is -2.46. The molecule has 0 unspecified atom stereocenters. The molecule has 0 spiro atoms. The lowest BCUT2D eigenvalue weighted by Gasteiger charge is -2.27. The van der Waals surface area contributed by atoms with Crippen LogP contribution >= 0.6 is 0 Å². The van der Waals surface area contributed by atoms with E-state index in [4.69, 9.17) is 0 Å². The number of benzene rings is 1. The van der Waals surface area contributed by atoms with Crippen LogP contribution in [0.1, 0.15) is 15.9 Å². The molecule has 0 aromatic heterocycles. The average molecular weight is 217 g/mol. The van der Waals surface area contributed by atoms with E-state index in [0.29, 0.717) is 24.2 Å². The van der Waals surface area contributed by atoms with Crippen LogP contribution in [0.2, 0.25) is 0 Å². The van der Waals surface area contributed by atoms with Crippen LogP contribution in [0.4, 0.5) is 0 Å². The normalized spacial score (nSPS) is 15.9. The maximum atomic E-state index is 12.1. The number of nitrogens with one attached hydrogen (secondary N) is 1. The highest BCUT2D eigenvalue weighted by molar-refractivity contribution is 6.01. The Kier molecular flexibility index (Phi) is 3.31. The molecule has 4 heteroatoms. The molecule has 1 fully saturated rings. The molecule has 0 saturated carbocycles. The summed E-state index contributed by atoms with van der Waals surface area (Å²) < 4.78 is 0. The fourth-order valence-corrected chi connectivity index (χ4v) is 1.80. The molecular formula is C12H13N2O2. The second-order valence-corrected chi connectivity index (χ2v) is 3.69. The largest absolute Gasteiger partial charge is 0.336 e. The van der Waals surface area contributed by atoms with Crippen LogP contribution in [0.3, 0.4) is 0 Å². The minimum Gasteiger partial charge on any atom is -0.336 e. The van der Waals surface area contributed by atoms with Crippen molar-refractivity contribution in [1.82, 2.24) is 10.2 Å². The molecule has 1 radical (unpaired) electrons. The summed E-state index contributed by atoms with van der Waals surface area (Å²) in [6.45, 7) is 2.98. The third kappa shape index (κ3) is 2.12. The third-order valence-electron chi connectivity index (χ3n) is 2.67. The highest BCUT2D eigenvalue weighted by Gasteiger charge is 2.19. The Bertz CT molecular complexity index is 398. The Balaban J connectivity index is 2.22. The van der Waals surface area contributed by atoms with Crippen molar-refractivity contribution in [3.8, 4) is 0 Å². The summed E-state index contributed by atoms with van der Waals surface area (Å²) in [5, 5.41) is 3.18. The van der Waals surface area contributed by atoms with E-state index < -0.39 is 0 Å². The SMILES string of the molecule is O=[C]c1ccccc1C(=O)N1CCNCC1. The van der Waals surface area contributed by atoms with E-state index in [-0.39, 0.29) is 5.91 Å². The molecule has 0 bridgehead atoms. The molecule has 1 aliphatic heterocycles. The molecule has 0 atom stereocenters. The zero-order valence-electron chi connectivity index (χ0n) is 8.90. The molecule has 16 heavy (non-hydrogen) atoms. The maximum absolute atomic E-state index is 12.1. The van der Waals surface area contributed by atoms with E-state index in [1.807, 2.05) is 0 Å². The fraction of sp³-hybridized carbons (Fsp3) is 0.333. The highest BCUT2D eigenvalue weighted by Crippen LogP contribution is 2.10. The second-order valence-electron chi connectivity index (χ2n) is 3.69. The number of hydrogen-bond acceptors (Lipinski definition) is 3. The molecule has 1 amide bonds. The number of piperazine rings is 1. The summed E-state index contributed by atoms with van der Waals surface area (Å²) >= 11 is 0. The van der Waals surface area contributed by atoms with E-state index in [2.05, 4.69) is 5.32 Å². The predicted molar refractivity (Wildman–Crippen MR) is 60.0 cm³/mol. The van der Waals surface area contributed by atoms with Crippen molar-refractivity contribution >= 4 is 12.2 Å². The smallest absolute Gasteiger partial charge is 0.254 e. The van der Waals surface area contributed by atoms with Gasteiger partial charge in [0.2, 0.25) is 6.29 Å². The highest BCUT2D eigenvalue weighted by atomic mass is 16.2. The van der Waals surface area contributed by atoms with Gasteiger partial charge in [-0.2, -0.15) is 0 Å². The molecule has 4 nitrogen and oxygen atoms in total. The van der Waals surface area contributed by atoms with Crippen molar-refractivity contribution < 1.29 is 9.59 Å². The number of amides is 1. The Morgan fingerprint density at radius 3 is 2.62 bits per heavy atom. The van der Waals surface area contributed by atoms with Gasteiger partial charge in [-0.15, -0.1) is 0 Å². The molecule has 0 aliphatic carbocycles. The Morgan fingerprint density at radius 2 is 1.94 bits per heavy atom. The van der Waals surface area contributed by atoms with Gasteiger partial charge in [0.05, 0.1) is 5.56 Å². The van der Waals surface area contributed by atoms with Crippen LogP contribution in [0.15, 0.2) is 24.3 Å². The van der Waals surface area contributed by atoms with Gasteiger partial charge in [0, 0.05) is 31.7 Å². The van der Waals surface area contributed by atoms with Gasteiger partial charge in [-0.25, -0.2) is 0 Å². The molecule has 83 valence electrons. The zero-order valence-corrected chi connectivity index (χ0v) is 8.90. The summed E-state index contributed by atoms with van der Waals surface area (Å²) in [7, 11) is 0. The van der Waals surface area contributed by atoms with E-state index in [1.54, 1.807) is 35.5 Å². The minimum absolute atomic E-state index is 0.0829. The first-order chi connectivity index (χ1) is 7.83. The lowest BCUT2D eigenvalue weighted by atomic mass is 10.1.